The van der Waals surface area contributed by atoms with E-state index in [1.165, 1.54) is 4.31 Å². The molecule has 20 heavy (non-hydrogen) atoms. The third-order valence-corrected chi connectivity index (χ3v) is 4.95. The highest BCUT2D eigenvalue weighted by Gasteiger charge is 2.36. The van der Waals surface area contributed by atoms with Crippen molar-refractivity contribution in [3.63, 3.8) is 0 Å². The van der Waals surface area contributed by atoms with Crippen molar-refractivity contribution in [3.05, 3.63) is 36.9 Å². The topological polar surface area (TPSA) is 72.6 Å². The molecule has 1 aromatic rings. The van der Waals surface area contributed by atoms with E-state index in [0.29, 0.717) is 18.0 Å². The minimum Gasteiger partial charge on any atom is -0.492 e. The Kier molecular flexibility index (Phi) is 4.67. The minimum absolute atomic E-state index is 0.0261. The molecule has 6 heteroatoms. The molecule has 0 heterocycles. The van der Waals surface area contributed by atoms with Gasteiger partial charge >= 0.3 is 0 Å². The summed E-state index contributed by atoms with van der Waals surface area (Å²) in [6.45, 7) is 4.11. The normalized spacial score (nSPS) is 15.2. The van der Waals surface area contributed by atoms with Crippen LogP contribution in [0.2, 0.25) is 0 Å². The van der Waals surface area contributed by atoms with Crippen molar-refractivity contribution < 1.29 is 13.2 Å². The van der Waals surface area contributed by atoms with Gasteiger partial charge < -0.3 is 10.5 Å². The summed E-state index contributed by atoms with van der Waals surface area (Å²) in [6.07, 6.45) is 3.49. The van der Waals surface area contributed by atoms with E-state index in [1.807, 2.05) is 0 Å². The van der Waals surface area contributed by atoms with E-state index in [-0.39, 0.29) is 18.4 Å². The van der Waals surface area contributed by atoms with Gasteiger partial charge in [0.2, 0.25) is 10.0 Å². The van der Waals surface area contributed by atoms with Crippen LogP contribution in [0.4, 0.5) is 5.69 Å². The van der Waals surface area contributed by atoms with Gasteiger partial charge in [-0.2, -0.15) is 4.31 Å². The van der Waals surface area contributed by atoms with Crippen molar-refractivity contribution in [1.29, 1.82) is 0 Å². The molecule has 0 saturated heterocycles. The molecule has 0 bridgehead atoms. The standard InChI is InChI=1S/C14H20N2O3S/c1-2-9-16(13-5-6-13)20(17,18)11-10-19-14-7-3-12(15)4-8-14/h2-4,7-8,13H,1,5-6,9-11,15H2. The van der Waals surface area contributed by atoms with Crippen molar-refractivity contribution >= 4 is 15.7 Å². The van der Waals surface area contributed by atoms with Gasteiger partial charge in [-0.3, -0.25) is 0 Å². The first-order valence-electron chi connectivity index (χ1n) is 6.61. The summed E-state index contributed by atoms with van der Waals surface area (Å²) in [5.41, 5.74) is 6.22. The number of ether oxygens (including phenoxy) is 1. The summed E-state index contributed by atoms with van der Waals surface area (Å²) in [7, 11) is -3.29. The van der Waals surface area contributed by atoms with Crippen LogP contribution < -0.4 is 10.5 Å². The fourth-order valence-electron chi connectivity index (χ4n) is 1.93. The van der Waals surface area contributed by atoms with Gasteiger partial charge in [0.05, 0.1) is 5.75 Å². The fraction of sp³-hybridized carbons (Fsp3) is 0.429. The number of sulfonamides is 1. The van der Waals surface area contributed by atoms with Crippen LogP contribution in [0, 0.1) is 0 Å². The Morgan fingerprint density at radius 1 is 1.35 bits per heavy atom. The Morgan fingerprint density at radius 3 is 2.55 bits per heavy atom. The Bertz CT molecular complexity index is 550. The number of hydrogen-bond donors (Lipinski definition) is 1. The molecule has 5 nitrogen and oxygen atoms in total. The second-order valence-corrected chi connectivity index (χ2v) is 6.86. The number of hydrogen-bond acceptors (Lipinski definition) is 4. The van der Waals surface area contributed by atoms with Gasteiger partial charge in [-0.05, 0) is 37.1 Å². The molecule has 0 radical (unpaired) electrons. The molecule has 1 aromatic carbocycles. The smallest absolute Gasteiger partial charge is 0.217 e. The first-order valence-corrected chi connectivity index (χ1v) is 8.22. The molecule has 0 spiro atoms. The van der Waals surface area contributed by atoms with Gasteiger partial charge in [0.1, 0.15) is 12.4 Å². The van der Waals surface area contributed by atoms with Gasteiger partial charge in [-0.25, -0.2) is 8.42 Å². The van der Waals surface area contributed by atoms with Crippen LogP contribution in [0.25, 0.3) is 0 Å². The molecule has 0 amide bonds. The van der Waals surface area contributed by atoms with Crippen molar-refractivity contribution in [2.24, 2.45) is 0 Å². The zero-order valence-corrected chi connectivity index (χ0v) is 12.2. The summed E-state index contributed by atoms with van der Waals surface area (Å²) < 4.78 is 31.4. The van der Waals surface area contributed by atoms with Gasteiger partial charge in [-0.15, -0.1) is 6.58 Å². The lowest BCUT2D eigenvalue weighted by Crippen LogP contribution is -2.36. The van der Waals surface area contributed by atoms with Crippen molar-refractivity contribution in [3.8, 4) is 5.75 Å². The predicted molar refractivity (Wildman–Crippen MR) is 80.1 cm³/mol. The number of anilines is 1. The molecule has 1 aliphatic rings. The van der Waals surface area contributed by atoms with Crippen molar-refractivity contribution in [2.45, 2.75) is 18.9 Å². The Hall–Kier alpha value is -1.53. The van der Waals surface area contributed by atoms with Crippen LogP contribution in [-0.4, -0.2) is 37.7 Å². The SMILES string of the molecule is C=CCN(C1CC1)S(=O)(=O)CCOc1ccc(N)cc1. The molecule has 110 valence electrons. The van der Waals surface area contributed by atoms with Crippen LogP contribution in [-0.2, 0) is 10.0 Å². The van der Waals surface area contributed by atoms with E-state index in [0.717, 1.165) is 12.8 Å². The second kappa shape index (κ2) is 6.28. The molecular formula is C14H20N2O3S. The number of nitrogens with zero attached hydrogens (tertiary/aromatic N) is 1. The lowest BCUT2D eigenvalue weighted by Gasteiger charge is -2.20. The van der Waals surface area contributed by atoms with Crippen LogP contribution in [0.5, 0.6) is 5.75 Å². The summed E-state index contributed by atoms with van der Waals surface area (Å²) in [6, 6.07) is 7.04. The zero-order valence-electron chi connectivity index (χ0n) is 11.4. The fourth-order valence-corrected chi connectivity index (χ4v) is 3.45. The summed E-state index contributed by atoms with van der Waals surface area (Å²) in [5.74, 6) is 0.595. The van der Waals surface area contributed by atoms with E-state index in [9.17, 15) is 8.42 Å². The maximum Gasteiger partial charge on any atom is 0.217 e. The highest BCUT2D eigenvalue weighted by atomic mass is 32.2. The summed E-state index contributed by atoms with van der Waals surface area (Å²) in [5, 5.41) is 0. The maximum absolute atomic E-state index is 12.2. The first-order chi connectivity index (χ1) is 9.53. The minimum atomic E-state index is -3.29. The molecule has 0 aliphatic heterocycles. The lowest BCUT2D eigenvalue weighted by atomic mass is 10.3. The number of benzene rings is 1. The number of rotatable bonds is 8. The molecule has 2 N–H and O–H groups in total. The summed E-state index contributed by atoms with van der Waals surface area (Å²) in [4.78, 5) is 0. The Balaban J connectivity index is 1.88. The van der Waals surface area contributed by atoms with Crippen LogP contribution in [0.15, 0.2) is 36.9 Å². The van der Waals surface area contributed by atoms with Crippen LogP contribution in [0.1, 0.15) is 12.8 Å². The van der Waals surface area contributed by atoms with Crippen LogP contribution in [0.3, 0.4) is 0 Å². The van der Waals surface area contributed by atoms with Gasteiger partial charge in [0.15, 0.2) is 0 Å². The average Bonchev–Trinajstić information content (AvgIpc) is 3.22. The predicted octanol–water partition coefficient (Wildman–Crippen LogP) is 1.63. The molecule has 1 fully saturated rings. The van der Waals surface area contributed by atoms with Gasteiger partial charge in [0.25, 0.3) is 0 Å². The summed E-state index contributed by atoms with van der Waals surface area (Å²) >= 11 is 0. The molecule has 1 saturated carbocycles. The first kappa shape index (κ1) is 14.9. The van der Waals surface area contributed by atoms with Crippen molar-refractivity contribution in [1.82, 2.24) is 4.31 Å². The molecule has 1 aliphatic carbocycles. The molecule has 0 unspecified atom stereocenters. The molecular weight excluding hydrogens is 276 g/mol. The van der Waals surface area contributed by atoms with E-state index >= 15 is 0 Å². The lowest BCUT2D eigenvalue weighted by molar-refractivity contribution is 0.335. The quantitative estimate of drug-likeness (QED) is 0.584. The van der Waals surface area contributed by atoms with Gasteiger partial charge in [0, 0.05) is 18.3 Å². The van der Waals surface area contributed by atoms with E-state index in [2.05, 4.69) is 6.58 Å². The largest absolute Gasteiger partial charge is 0.492 e. The third-order valence-electron chi connectivity index (χ3n) is 3.11. The Morgan fingerprint density at radius 2 is 2.00 bits per heavy atom. The molecule has 0 atom stereocenters. The van der Waals surface area contributed by atoms with Crippen LogP contribution >= 0.6 is 0 Å². The van der Waals surface area contributed by atoms with E-state index in [1.54, 1.807) is 30.3 Å². The Labute approximate surface area is 120 Å². The van der Waals surface area contributed by atoms with Crippen molar-refractivity contribution in [2.75, 3.05) is 24.6 Å². The third kappa shape index (κ3) is 3.98. The maximum atomic E-state index is 12.2. The monoisotopic (exact) mass is 296 g/mol. The second-order valence-electron chi connectivity index (χ2n) is 4.82. The van der Waals surface area contributed by atoms with E-state index in [4.69, 9.17) is 10.5 Å². The number of nitrogen functional groups attached to an aromatic ring is 1. The highest BCUT2D eigenvalue weighted by Crippen LogP contribution is 2.29. The molecule has 0 aromatic heterocycles. The molecule has 2 rings (SSSR count). The zero-order chi connectivity index (χ0) is 14.6. The highest BCUT2D eigenvalue weighted by molar-refractivity contribution is 7.89. The van der Waals surface area contributed by atoms with E-state index < -0.39 is 10.0 Å². The van der Waals surface area contributed by atoms with Gasteiger partial charge in [-0.1, -0.05) is 6.08 Å². The number of nitrogens with two attached hydrogens (primary N) is 1. The average molecular weight is 296 g/mol.